The lowest BCUT2D eigenvalue weighted by molar-refractivity contribution is 0.480. The average molecular weight is 298 g/mol. The summed E-state index contributed by atoms with van der Waals surface area (Å²) in [6, 6.07) is 15.7. The SMILES string of the molecule is CCNCc1ccc(Oc2ccc(SC)cc2)c(C#N)c1. The lowest BCUT2D eigenvalue weighted by atomic mass is 10.1. The van der Waals surface area contributed by atoms with Crippen molar-refractivity contribution in [2.24, 2.45) is 0 Å². The standard InChI is InChI=1S/C17H18N2OS/c1-3-19-12-13-4-9-17(14(10-13)11-18)20-15-5-7-16(21-2)8-6-15/h4-10,19H,3,12H2,1-2H3. The molecule has 0 saturated carbocycles. The highest BCUT2D eigenvalue weighted by molar-refractivity contribution is 7.98. The second-order valence-corrected chi connectivity index (χ2v) is 5.38. The van der Waals surface area contributed by atoms with Gasteiger partial charge in [-0.2, -0.15) is 5.26 Å². The minimum Gasteiger partial charge on any atom is -0.456 e. The molecule has 1 N–H and O–H groups in total. The summed E-state index contributed by atoms with van der Waals surface area (Å²) >= 11 is 1.69. The molecule has 2 aromatic carbocycles. The molecular formula is C17H18N2OS. The minimum atomic E-state index is 0.555. The van der Waals surface area contributed by atoms with Gasteiger partial charge in [-0.25, -0.2) is 0 Å². The Balaban J connectivity index is 2.17. The predicted octanol–water partition coefficient (Wildman–Crippen LogP) is 4.18. The molecule has 0 heterocycles. The van der Waals surface area contributed by atoms with E-state index >= 15 is 0 Å². The highest BCUT2D eigenvalue weighted by atomic mass is 32.2. The fourth-order valence-electron chi connectivity index (χ4n) is 1.90. The monoisotopic (exact) mass is 298 g/mol. The Hall–Kier alpha value is -1.96. The number of benzene rings is 2. The van der Waals surface area contributed by atoms with Crippen LogP contribution in [0.15, 0.2) is 47.4 Å². The summed E-state index contributed by atoms with van der Waals surface area (Å²) < 4.78 is 5.81. The molecular weight excluding hydrogens is 280 g/mol. The molecule has 0 aromatic heterocycles. The maximum absolute atomic E-state index is 9.27. The van der Waals surface area contributed by atoms with E-state index in [9.17, 15) is 5.26 Å². The van der Waals surface area contributed by atoms with Gasteiger partial charge in [0.05, 0.1) is 5.56 Å². The van der Waals surface area contributed by atoms with Crippen LogP contribution < -0.4 is 10.1 Å². The summed E-state index contributed by atoms with van der Waals surface area (Å²) in [5.74, 6) is 1.33. The van der Waals surface area contributed by atoms with Crippen LogP contribution in [-0.2, 0) is 6.54 Å². The molecule has 0 radical (unpaired) electrons. The lowest BCUT2D eigenvalue weighted by Crippen LogP contribution is -2.11. The number of nitriles is 1. The molecule has 3 nitrogen and oxygen atoms in total. The zero-order valence-corrected chi connectivity index (χ0v) is 13.0. The van der Waals surface area contributed by atoms with E-state index in [0.29, 0.717) is 11.3 Å². The Bertz CT molecular complexity index is 632. The van der Waals surface area contributed by atoms with Crippen molar-refractivity contribution in [1.29, 1.82) is 5.26 Å². The largest absolute Gasteiger partial charge is 0.456 e. The summed E-state index contributed by atoms with van der Waals surface area (Å²) in [6.45, 7) is 3.72. The fraction of sp³-hybridized carbons (Fsp3) is 0.235. The number of ether oxygens (including phenoxy) is 1. The molecule has 0 unspecified atom stereocenters. The van der Waals surface area contributed by atoms with E-state index in [2.05, 4.69) is 18.3 Å². The third-order valence-corrected chi connectivity index (χ3v) is 3.77. The molecule has 21 heavy (non-hydrogen) atoms. The molecule has 0 atom stereocenters. The van der Waals surface area contributed by atoms with Gasteiger partial charge in [-0.1, -0.05) is 13.0 Å². The normalized spacial score (nSPS) is 10.1. The van der Waals surface area contributed by atoms with Gasteiger partial charge in [-0.05, 0) is 54.8 Å². The molecule has 0 aliphatic rings. The van der Waals surface area contributed by atoms with E-state index in [4.69, 9.17) is 4.74 Å². The van der Waals surface area contributed by atoms with E-state index in [-0.39, 0.29) is 0 Å². The van der Waals surface area contributed by atoms with Crippen LogP contribution in [0.4, 0.5) is 0 Å². The van der Waals surface area contributed by atoms with Crippen molar-refractivity contribution in [3.05, 3.63) is 53.6 Å². The van der Waals surface area contributed by atoms with Crippen LogP contribution in [0.2, 0.25) is 0 Å². The number of hydrogen-bond acceptors (Lipinski definition) is 4. The third-order valence-electron chi connectivity index (χ3n) is 3.03. The Labute approximate surface area is 129 Å². The molecule has 0 bridgehead atoms. The molecule has 2 rings (SSSR count). The summed E-state index contributed by atoms with van der Waals surface area (Å²) in [5, 5.41) is 12.5. The maximum atomic E-state index is 9.27. The van der Waals surface area contributed by atoms with Gasteiger partial charge in [0, 0.05) is 11.4 Å². The van der Waals surface area contributed by atoms with Crippen LogP contribution >= 0.6 is 11.8 Å². The van der Waals surface area contributed by atoms with Gasteiger partial charge < -0.3 is 10.1 Å². The van der Waals surface area contributed by atoms with E-state index < -0.39 is 0 Å². The van der Waals surface area contributed by atoms with E-state index in [1.807, 2.05) is 48.7 Å². The highest BCUT2D eigenvalue weighted by Crippen LogP contribution is 2.27. The number of thioether (sulfide) groups is 1. The second-order valence-electron chi connectivity index (χ2n) is 4.50. The van der Waals surface area contributed by atoms with Gasteiger partial charge in [0.1, 0.15) is 17.6 Å². The zero-order valence-electron chi connectivity index (χ0n) is 12.2. The first-order valence-corrected chi connectivity index (χ1v) is 8.05. The van der Waals surface area contributed by atoms with Gasteiger partial charge >= 0.3 is 0 Å². The first-order chi connectivity index (χ1) is 10.3. The molecule has 0 fully saturated rings. The van der Waals surface area contributed by atoms with Crippen molar-refractivity contribution in [3.63, 3.8) is 0 Å². The highest BCUT2D eigenvalue weighted by Gasteiger charge is 2.06. The molecule has 4 heteroatoms. The van der Waals surface area contributed by atoms with Crippen LogP contribution in [0.5, 0.6) is 11.5 Å². The summed E-state index contributed by atoms with van der Waals surface area (Å²) in [5.41, 5.74) is 1.64. The van der Waals surface area contributed by atoms with Crippen molar-refractivity contribution in [3.8, 4) is 17.6 Å². The average Bonchev–Trinajstić information content (AvgIpc) is 2.54. The molecule has 108 valence electrons. The molecule has 0 spiro atoms. The van der Waals surface area contributed by atoms with E-state index in [0.717, 1.165) is 24.4 Å². The van der Waals surface area contributed by atoms with Crippen molar-refractivity contribution < 1.29 is 4.74 Å². The van der Waals surface area contributed by atoms with Gasteiger partial charge in [0.25, 0.3) is 0 Å². The zero-order chi connectivity index (χ0) is 15.1. The molecule has 0 aliphatic carbocycles. The summed E-state index contributed by atoms with van der Waals surface area (Å²) in [7, 11) is 0. The number of hydrogen-bond donors (Lipinski definition) is 1. The summed E-state index contributed by atoms with van der Waals surface area (Å²) in [6.07, 6.45) is 2.03. The molecule has 0 amide bonds. The maximum Gasteiger partial charge on any atom is 0.145 e. The third kappa shape index (κ3) is 4.25. The molecule has 0 saturated heterocycles. The number of rotatable bonds is 6. The van der Waals surface area contributed by atoms with Crippen LogP contribution in [0, 0.1) is 11.3 Å². The predicted molar refractivity (Wildman–Crippen MR) is 86.8 cm³/mol. The number of nitrogens with one attached hydrogen (secondary N) is 1. The van der Waals surface area contributed by atoms with E-state index in [1.165, 1.54) is 4.90 Å². The minimum absolute atomic E-state index is 0.555. The molecule has 2 aromatic rings. The van der Waals surface area contributed by atoms with Crippen molar-refractivity contribution in [2.75, 3.05) is 12.8 Å². The van der Waals surface area contributed by atoms with Crippen LogP contribution in [0.1, 0.15) is 18.1 Å². The van der Waals surface area contributed by atoms with Crippen molar-refractivity contribution >= 4 is 11.8 Å². The van der Waals surface area contributed by atoms with E-state index in [1.54, 1.807) is 11.8 Å². The molecule has 0 aliphatic heterocycles. The Morgan fingerprint density at radius 3 is 2.57 bits per heavy atom. The van der Waals surface area contributed by atoms with Crippen molar-refractivity contribution in [2.45, 2.75) is 18.4 Å². The first-order valence-electron chi connectivity index (χ1n) is 6.82. The van der Waals surface area contributed by atoms with Crippen LogP contribution in [0.3, 0.4) is 0 Å². The van der Waals surface area contributed by atoms with Crippen LogP contribution in [-0.4, -0.2) is 12.8 Å². The first kappa shape index (κ1) is 15.4. The van der Waals surface area contributed by atoms with Crippen LogP contribution in [0.25, 0.3) is 0 Å². The van der Waals surface area contributed by atoms with Gasteiger partial charge in [0.15, 0.2) is 0 Å². The topological polar surface area (TPSA) is 45.0 Å². The number of nitrogens with zero attached hydrogens (tertiary/aromatic N) is 1. The van der Waals surface area contributed by atoms with Gasteiger partial charge in [-0.15, -0.1) is 11.8 Å². The van der Waals surface area contributed by atoms with Gasteiger partial charge in [0.2, 0.25) is 0 Å². The quantitative estimate of drug-likeness (QED) is 0.813. The summed E-state index contributed by atoms with van der Waals surface area (Å²) in [4.78, 5) is 1.18. The Morgan fingerprint density at radius 1 is 1.19 bits per heavy atom. The smallest absolute Gasteiger partial charge is 0.145 e. The second kappa shape index (κ2) is 7.72. The van der Waals surface area contributed by atoms with Gasteiger partial charge in [-0.3, -0.25) is 0 Å². The van der Waals surface area contributed by atoms with Crippen molar-refractivity contribution in [1.82, 2.24) is 5.32 Å². The Kier molecular flexibility index (Phi) is 5.68. The Morgan fingerprint density at radius 2 is 1.95 bits per heavy atom. The lowest BCUT2D eigenvalue weighted by Gasteiger charge is -2.10. The fourth-order valence-corrected chi connectivity index (χ4v) is 2.31.